The molecule has 1 aromatic rings. The molecule has 1 atom stereocenters. The molecule has 0 aromatic heterocycles. The van der Waals surface area contributed by atoms with Crippen LogP contribution in [-0.4, -0.2) is 4.89 Å². The first-order chi connectivity index (χ1) is 12.7. The van der Waals surface area contributed by atoms with Crippen LogP contribution in [-0.2, 0) is 17.4 Å². The predicted octanol–water partition coefficient (Wildman–Crippen LogP) is 7.65. The molecule has 1 unspecified atom stereocenters. The summed E-state index contributed by atoms with van der Waals surface area (Å²) >= 11 is 0. The first-order valence-electron chi connectivity index (χ1n) is 10.5. The van der Waals surface area contributed by atoms with E-state index in [9.17, 15) is 8.76 Å². The molecule has 0 aliphatic heterocycles. The van der Waals surface area contributed by atoms with Crippen molar-refractivity contribution in [1.29, 1.82) is 0 Å². The van der Waals surface area contributed by atoms with Gasteiger partial charge in [0.15, 0.2) is 0 Å². The number of unbranched alkanes of at least 4 members (excludes halogenated alkanes) is 4. The molecule has 0 aliphatic carbocycles. The summed E-state index contributed by atoms with van der Waals surface area (Å²) in [4.78, 5) is 8.95. The van der Waals surface area contributed by atoms with E-state index in [2.05, 4.69) is 27.7 Å². The monoisotopic (exact) mass is 400 g/mol. The Bertz CT molecular complexity index is 581. The Balaban J connectivity index is 2.62. The van der Waals surface area contributed by atoms with Crippen LogP contribution >= 0.6 is 7.91 Å². The van der Waals surface area contributed by atoms with Gasteiger partial charge in [0.1, 0.15) is 5.75 Å². The fourth-order valence-electron chi connectivity index (χ4n) is 3.30. The van der Waals surface area contributed by atoms with E-state index in [1.54, 1.807) is 6.07 Å². The Morgan fingerprint density at radius 3 is 2.00 bits per heavy atom. The summed E-state index contributed by atoms with van der Waals surface area (Å²) in [5, 5.41) is 0. The molecular formula is C22H38FO3P. The third-order valence-electron chi connectivity index (χ3n) is 4.81. The van der Waals surface area contributed by atoms with E-state index < -0.39 is 7.91 Å². The molecule has 0 aliphatic rings. The standard InChI is InChI=1S/C22H38FO3P/c1-18(2)11-7-5-9-13-20-15-16-22(26-27(23,24)25)21(17-20)14-10-6-8-12-19(3)4/h15-19H,5-14H2,1-4H3,(H,24,25). The van der Waals surface area contributed by atoms with Crippen molar-refractivity contribution in [3.05, 3.63) is 29.3 Å². The van der Waals surface area contributed by atoms with Crippen LogP contribution in [0.1, 0.15) is 90.2 Å². The maximum Gasteiger partial charge on any atom is 0.567 e. The number of hydrogen-bond acceptors (Lipinski definition) is 2. The van der Waals surface area contributed by atoms with Crippen LogP contribution < -0.4 is 4.52 Å². The highest BCUT2D eigenvalue weighted by Crippen LogP contribution is 2.45. The van der Waals surface area contributed by atoms with Gasteiger partial charge < -0.3 is 4.52 Å². The van der Waals surface area contributed by atoms with E-state index in [-0.39, 0.29) is 5.75 Å². The summed E-state index contributed by atoms with van der Waals surface area (Å²) in [6, 6.07) is 5.56. The first-order valence-corrected chi connectivity index (χ1v) is 12.0. The topological polar surface area (TPSA) is 46.5 Å². The Morgan fingerprint density at radius 2 is 1.48 bits per heavy atom. The summed E-state index contributed by atoms with van der Waals surface area (Å²) in [5.74, 6) is 1.66. The molecule has 1 N–H and O–H groups in total. The van der Waals surface area contributed by atoms with Gasteiger partial charge in [0.2, 0.25) is 0 Å². The van der Waals surface area contributed by atoms with Crippen molar-refractivity contribution in [2.24, 2.45) is 11.8 Å². The van der Waals surface area contributed by atoms with Crippen molar-refractivity contribution in [3.63, 3.8) is 0 Å². The van der Waals surface area contributed by atoms with Gasteiger partial charge in [-0.15, -0.1) is 4.20 Å². The van der Waals surface area contributed by atoms with Crippen LogP contribution in [0.5, 0.6) is 5.75 Å². The van der Waals surface area contributed by atoms with E-state index in [0.717, 1.165) is 43.6 Å². The summed E-state index contributed by atoms with van der Waals surface area (Å²) in [5.41, 5.74) is 2.03. The van der Waals surface area contributed by atoms with Crippen LogP contribution in [0.15, 0.2) is 18.2 Å². The second-order valence-electron chi connectivity index (χ2n) is 8.47. The van der Waals surface area contributed by atoms with Crippen LogP contribution in [0.3, 0.4) is 0 Å². The van der Waals surface area contributed by atoms with Crippen molar-refractivity contribution >= 4 is 7.91 Å². The SMILES string of the molecule is CC(C)CCCCCc1ccc(OP(=O)(O)F)c(CCCCCC(C)C)c1. The van der Waals surface area contributed by atoms with Crippen molar-refractivity contribution in [1.82, 2.24) is 0 Å². The highest BCUT2D eigenvalue weighted by molar-refractivity contribution is 7.47. The zero-order valence-corrected chi connectivity index (χ0v) is 18.4. The molecule has 0 bridgehead atoms. The average Bonchev–Trinajstić information content (AvgIpc) is 2.54. The normalized spacial score (nSPS) is 13.9. The highest BCUT2D eigenvalue weighted by Gasteiger charge is 2.21. The van der Waals surface area contributed by atoms with E-state index in [0.29, 0.717) is 5.92 Å². The molecule has 1 rings (SSSR count). The molecule has 156 valence electrons. The number of halogens is 1. The zero-order chi connectivity index (χ0) is 20.3. The lowest BCUT2D eigenvalue weighted by atomic mass is 9.98. The Hall–Kier alpha value is -0.860. The van der Waals surface area contributed by atoms with E-state index in [1.807, 2.05) is 12.1 Å². The minimum absolute atomic E-state index is 0.204. The molecule has 0 fully saturated rings. The Labute approximate surface area is 165 Å². The summed E-state index contributed by atoms with van der Waals surface area (Å²) in [7, 11) is -5.03. The van der Waals surface area contributed by atoms with Crippen molar-refractivity contribution in [2.45, 2.75) is 91.9 Å². The van der Waals surface area contributed by atoms with Crippen LogP contribution in [0.25, 0.3) is 0 Å². The van der Waals surface area contributed by atoms with Gasteiger partial charge >= 0.3 is 7.91 Å². The smallest absolute Gasteiger partial charge is 0.401 e. The van der Waals surface area contributed by atoms with Crippen molar-refractivity contribution in [3.8, 4) is 5.75 Å². The minimum atomic E-state index is -5.03. The second-order valence-corrected chi connectivity index (χ2v) is 9.56. The van der Waals surface area contributed by atoms with Crippen LogP contribution in [0.4, 0.5) is 4.20 Å². The average molecular weight is 401 g/mol. The molecular weight excluding hydrogens is 362 g/mol. The molecule has 27 heavy (non-hydrogen) atoms. The van der Waals surface area contributed by atoms with Gasteiger partial charge in [-0.1, -0.05) is 78.4 Å². The van der Waals surface area contributed by atoms with Crippen LogP contribution in [0, 0.1) is 11.8 Å². The quantitative estimate of drug-likeness (QED) is 0.258. The number of benzene rings is 1. The van der Waals surface area contributed by atoms with Gasteiger partial charge in [0.05, 0.1) is 0 Å². The Kier molecular flexibility index (Phi) is 11.3. The number of rotatable bonds is 14. The van der Waals surface area contributed by atoms with Gasteiger partial charge in [-0.05, 0) is 54.7 Å². The molecule has 1 aromatic carbocycles. The lowest BCUT2D eigenvalue weighted by molar-refractivity contribution is 0.328. The number of aryl methyl sites for hydroxylation is 2. The van der Waals surface area contributed by atoms with Crippen LogP contribution in [0.2, 0.25) is 0 Å². The van der Waals surface area contributed by atoms with Gasteiger partial charge in [0, 0.05) is 0 Å². The molecule has 0 spiro atoms. The summed E-state index contributed by atoms with van der Waals surface area (Å²) in [6.45, 7) is 8.93. The van der Waals surface area contributed by atoms with E-state index in [1.165, 1.54) is 37.7 Å². The molecule has 0 saturated carbocycles. The number of hydrogen-bond donors (Lipinski definition) is 1. The molecule has 5 heteroatoms. The maximum atomic E-state index is 13.1. The maximum absolute atomic E-state index is 13.1. The lowest BCUT2D eigenvalue weighted by Crippen LogP contribution is -1.97. The van der Waals surface area contributed by atoms with E-state index in [4.69, 9.17) is 9.42 Å². The molecule has 0 radical (unpaired) electrons. The third kappa shape index (κ3) is 12.3. The summed E-state index contributed by atoms with van der Waals surface area (Å²) < 4.78 is 28.9. The minimum Gasteiger partial charge on any atom is -0.401 e. The largest absolute Gasteiger partial charge is 0.567 e. The van der Waals surface area contributed by atoms with Gasteiger partial charge in [-0.25, -0.2) is 4.57 Å². The Morgan fingerprint density at radius 1 is 0.926 bits per heavy atom. The third-order valence-corrected chi connectivity index (χ3v) is 5.23. The van der Waals surface area contributed by atoms with Crippen molar-refractivity contribution < 1.29 is 18.2 Å². The molecule has 3 nitrogen and oxygen atoms in total. The first kappa shape index (κ1) is 24.2. The zero-order valence-electron chi connectivity index (χ0n) is 17.5. The van der Waals surface area contributed by atoms with E-state index >= 15 is 0 Å². The lowest BCUT2D eigenvalue weighted by Gasteiger charge is -2.13. The molecule has 0 heterocycles. The highest BCUT2D eigenvalue weighted by atomic mass is 31.2. The molecule has 0 saturated heterocycles. The predicted molar refractivity (Wildman–Crippen MR) is 112 cm³/mol. The van der Waals surface area contributed by atoms with Crippen molar-refractivity contribution in [2.75, 3.05) is 0 Å². The fourth-order valence-corrected chi connectivity index (χ4v) is 3.72. The van der Waals surface area contributed by atoms with Gasteiger partial charge in [-0.2, -0.15) is 0 Å². The second kappa shape index (κ2) is 12.6. The summed E-state index contributed by atoms with van der Waals surface area (Å²) in [6.07, 6.45) is 11.0. The van der Waals surface area contributed by atoms with Gasteiger partial charge in [0.25, 0.3) is 0 Å². The molecule has 0 amide bonds. The van der Waals surface area contributed by atoms with Gasteiger partial charge in [-0.3, -0.25) is 4.89 Å². The fraction of sp³-hybridized carbons (Fsp3) is 0.727.